The van der Waals surface area contributed by atoms with Gasteiger partial charge >= 0.3 is 33.2 Å². The Bertz CT molecular complexity index is 890. The molecule has 4 rings (SSSR count). The highest BCUT2D eigenvalue weighted by Crippen LogP contribution is 2.57. The summed E-state index contributed by atoms with van der Waals surface area (Å²) in [4.78, 5) is 23.8. The maximum atomic E-state index is 13.4. The van der Waals surface area contributed by atoms with Crippen molar-refractivity contribution in [2.24, 2.45) is 17.3 Å². The number of hydrogen-bond acceptors (Lipinski definition) is 7. The van der Waals surface area contributed by atoms with Crippen LogP contribution in [0.2, 0.25) is 0 Å². The number of fused-ring (bicyclic) bond motifs is 2. The predicted molar refractivity (Wildman–Crippen MR) is 99.4 cm³/mol. The zero-order chi connectivity index (χ0) is 23.9. The maximum Gasteiger partial charge on any atom is 0.431 e. The van der Waals surface area contributed by atoms with E-state index >= 15 is 0 Å². The predicted octanol–water partition coefficient (Wildman–Crippen LogP) is 2.73. The topological polar surface area (TPSA) is 116 Å². The van der Waals surface area contributed by atoms with Gasteiger partial charge in [-0.05, 0) is 37.5 Å². The molecule has 1 spiro atoms. The zero-order valence-electron chi connectivity index (χ0n) is 17.0. The molecule has 4 fully saturated rings. The molecule has 0 aromatic heterocycles. The molecule has 1 aliphatic heterocycles. The van der Waals surface area contributed by atoms with Crippen molar-refractivity contribution >= 4 is 22.1 Å². The van der Waals surface area contributed by atoms with Crippen LogP contribution in [0.1, 0.15) is 38.5 Å². The summed E-state index contributed by atoms with van der Waals surface area (Å²) in [6.07, 6.45) is 1.26. The molecule has 3 saturated carbocycles. The summed E-state index contributed by atoms with van der Waals surface area (Å²) in [5.74, 6) is -5.89. The lowest BCUT2D eigenvalue weighted by Gasteiger charge is -2.51. The number of carbonyl (C=O) groups excluding carboxylic acids is 2. The minimum absolute atomic E-state index is 0.0496. The van der Waals surface area contributed by atoms with Crippen LogP contribution in [0.15, 0.2) is 12.2 Å². The average molecular weight is 488 g/mol. The summed E-state index contributed by atoms with van der Waals surface area (Å²) < 4.78 is 97.7. The van der Waals surface area contributed by atoms with Gasteiger partial charge in [0.2, 0.25) is 0 Å². The molecule has 32 heavy (non-hydrogen) atoms. The lowest BCUT2D eigenvalue weighted by molar-refractivity contribution is -0.171. The van der Waals surface area contributed by atoms with Crippen LogP contribution in [-0.2, 0) is 33.9 Å². The fourth-order valence-corrected chi connectivity index (χ4v) is 5.31. The highest BCUT2D eigenvalue weighted by molar-refractivity contribution is 7.87. The first-order valence-corrected chi connectivity index (χ1v) is 11.5. The van der Waals surface area contributed by atoms with Crippen LogP contribution in [0.25, 0.3) is 0 Å². The first kappa shape index (κ1) is 24.9. The first-order chi connectivity index (χ1) is 14.7. The molecule has 4 aliphatic rings. The summed E-state index contributed by atoms with van der Waals surface area (Å²) >= 11 is 0. The molecule has 8 nitrogen and oxygen atoms in total. The first-order valence-electron chi connectivity index (χ1n) is 10.0. The van der Waals surface area contributed by atoms with Gasteiger partial charge in [-0.3, -0.25) is 9.35 Å². The van der Waals surface area contributed by atoms with Crippen molar-refractivity contribution in [2.45, 2.75) is 55.8 Å². The smallest absolute Gasteiger partial charge is 0.431 e. The maximum absolute atomic E-state index is 13.4. The number of esters is 2. The summed E-state index contributed by atoms with van der Waals surface area (Å²) in [5.41, 5.74) is -0.427. The number of hydrogen-bond donors (Lipinski definition) is 1. The van der Waals surface area contributed by atoms with Crippen molar-refractivity contribution in [3.63, 3.8) is 0 Å². The van der Waals surface area contributed by atoms with Gasteiger partial charge in [-0.1, -0.05) is 6.58 Å². The average Bonchev–Trinajstić information content (AvgIpc) is 3.05. The van der Waals surface area contributed by atoms with Crippen molar-refractivity contribution in [3.8, 4) is 0 Å². The van der Waals surface area contributed by atoms with Gasteiger partial charge in [-0.2, -0.15) is 26.0 Å². The standard InChI is InChI=1S/C19H24F4O8S/c1-11(9-29-5-4-18(20,21)19(22,23)32(26,27)28)16(25)31-14-6-13-3-2-12(14)7-17(13)8-15(24)30-10-17/h12-14H,1-10H2,(H,26,27,28). The Kier molecular flexibility index (Phi) is 6.66. The molecule has 1 heterocycles. The second-order valence-electron chi connectivity index (χ2n) is 8.72. The van der Waals surface area contributed by atoms with E-state index in [9.17, 15) is 35.6 Å². The van der Waals surface area contributed by atoms with E-state index in [1.165, 1.54) is 0 Å². The normalized spacial score (nSPS) is 30.4. The lowest BCUT2D eigenvalue weighted by atomic mass is 9.54. The SMILES string of the molecule is C=C(COCCC(F)(F)C(F)(F)S(=O)(=O)O)C(=O)OC1CC2CCC1CC21COC(=O)C1. The molecule has 1 N–H and O–H groups in total. The number of rotatable bonds is 9. The third kappa shape index (κ3) is 4.65. The van der Waals surface area contributed by atoms with E-state index in [1.54, 1.807) is 0 Å². The van der Waals surface area contributed by atoms with E-state index in [4.69, 9.17) is 18.8 Å². The van der Waals surface area contributed by atoms with E-state index in [2.05, 4.69) is 6.58 Å². The van der Waals surface area contributed by atoms with Gasteiger partial charge in [0, 0.05) is 11.8 Å². The molecule has 4 unspecified atom stereocenters. The van der Waals surface area contributed by atoms with Crippen LogP contribution >= 0.6 is 0 Å². The Hall–Kier alpha value is -1.73. The zero-order valence-corrected chi connectivity index (χ0v) is 17.8. The van der Waals surface area contributed by atoms with Gasteiger partial charge in [-0.25, -0.2) is 4.79 Å². The quantitative estimate of drug-likeness (QED) is 0.173. The molecule has 2 bridgehead atoms. The summed E-state index contributed by atoms with van der Waals surface area (Å²) in [6.45, 7) is 2.22. The number of ether oxygens (including phenoxy) is 3. The molecular formula is C19H24F4O8S. The fraction of sp³-hybridized carbons (Fsp3) is 0.789. The van der Waals surface area contributed by atoms with Crippen molar-refractivity contribution in [1.82, 2.24) is 0 Å². The second kappa shape index (κ2) is 8.56. The van der Waals surface area contributed by atoms with E-state index < -0.39 is 53.0 Å². The Labute approximate surface area is 182 Å². The van der Waals surface area contributed by atoms with Gasteiger partial charge < -0.3 is 14.2 Å². The van der Waals surface area contributed by atoms with Crippen molar-refractivity contribution in [3.05, 3.63) is 12.2 Å². The molecule has 0 aromatic rings. The van der Waals surface area contributed by atoms with Gasteiger partial charge in [0.1, 0.15) is 6.10 Å². The van der Waals surface area contributed by atoms with Crippen LogP contribution in [0, 0.1) is 17.3 Å². The van der Waals surface area contributed by atoms with E-state index in [1.807, 2.05) is 0 Å². The van der Waals surface area contributed by atoms with Gasteiger partial charge in [0.05, 0.1) is 31.8 Å². The molecule has 4 atom stereocenters. The summed E-state index contributed by atoms with van der Waals surface area (Å²) in [7, 11) is -6.32. The Morgan fingerprint density at radius 3 is 2.50 bits per heavy atom. The summed E-state index contributed by atoms with van der Waals surface area (Å²) in [6, 6.07) is 0. The Balaban J connectivity index is 1.44. The molecule has 0 amide bonds. The van der Waals surface area contributed by atoms with Crippen LogP contribution in [0.4, 0.5) is 17.6 Å². The molecule has 1 saturated heterocycles. The van der Waals surface area contributed by atoms with Crippen LogP contribution in [0.3, 0.4) is 0 Å². The Morgan fingerprint density at radius 2 is 1.97 bits per heavy atom. The van der Waals surface area contributed by atoms with Crippen molar-refractivity contribution < 1.29 is 54.3 Å². The monoisotopic (exact) mass is 488 g/mol. The molecule has 182 valence electrons. The number of carbonyl (C=O) groups is 2. The lowest BCUT2D eigenvalue weighted by Crippen LogP contribution is -2.50. The minimum atomic E-state index is -6.32. The molecule has 0 radical (unpaired) electrons. The fourth-order valence-electron chi connectivity index (χ4n) is 4.83. The van der Waals surface area contributed by atoms with Crippen molar-refractivity contribution in [1.29, 1.82) is 0 Å². The Morgan fingerprint density at radius 1 is 1.28 bits per heavy atom. The van der Waals surface area contributed by atoms with Crippen LogP contribution in [-0.4, -0.2) is 62.0 Å². The number of alkyl halides is 4. The van der Waals surface area contributed by atoms with Gasteiger partial charge in [-0.15, -0.1) is 0 Å². The second-order valence-corrected chi connectivity index (χ2v) is 10.2. The highest BCUT2D eigenvalue weighted by atomic mass is 32.2. The number of halogens is 4. The van der Waals surface area contributed by atoms with E-state index in [-0.39, 0.29) is 28.8 Å². The largest absolute Gasteiger partial charge is 0.465 e. The number of cyclic esters (lactones) is 1. The summed E-state index contributed by atoms with van der Waals surface area (Å²) in [5, 5.41) is -5.67. The molecule has 3 aliphatic carbocycles. The molecular weight excluding hydrogens is 464 g/mol. The highest BCUT2D eigenvalue weighted by Gasteiger charge is 2.65. The van der Waals surface area contributed by atoms with Crippen LogP contribution in [0.5, 0.6) is 0 Å². The van der Waals surface area contributed by atoms with E-state index in [0.717, 1.165) is 12.8 Å². The third-order valence-corrected chi connectivity index (χ3v) is 7.56. The van der Waals surface area contributed by atoms with Crippen molar-refractivity contribution in [2.75, 3.05) is 19.8 Å². The minimum Gasteiger partial charge on any atom is -0.465 e. The van der Waals surface area contributed by atoms with Crippen LogP contribution < -0.4 is 0 Å². The molecule has 0 aromatic carbocycles. The third-order valence-electron chi connectivity index (χ3n) is 6.61. The van der Waals surface area contributed by atoms with Gasteiger partial charge in [0.25, 0.3) is 0 Å². The molecule has 13 heteroatoms. The van der Waals surface area contributed by atoms with Gasteiger partial charge in [0.15, 0.2) is 0 Å². The van der Waals surface area contributed by atoms with E-state index in [0.29, 0.717) is 25.9 Å².